The average Bonchev–Trinajstić information content (AvgIpc) is 2.71. The van der Waals surface area contributed by atoms with Gasteiger partial charge in [0, 0.05) is 10.6 Å². The van der Waals surface area contributed by atoms with Gasteiger partial charge in [-0.1, -0.05) is 49.2 Å². The largest absolute Gasteiger partial charge is 0.481 e. The SMILES string of the molecule is CC[C@@](C)(Cc1ccc(Cl)c(NC(=O)[C@H](c2ccc(Cl)cc2F)[C@@H](C)C(F)(F)F)c1)C(=O)O. The van der Waals surface area contributed by atoms with Crippen LogP contribution in [0, 0.1) is 17.2 Å². The van der Waals surface area contributed by atoms with Crippen molar-refractivity contribution < 1.29 is 32.3 Å². The van der Waals surface area contributed by atoms with E-state index in [9.17, 15) is 32.3 Å². The Kier molecular flexibility index (Phi) is 8.41. The number of aliphatic carboxylic acids is 1. The number of carboxylic acids is 1. The summed E-state index contributed by atoms with van der Waals surface area (Å²) in [5, 5.41) is 11.9. The van der Waals surface area contributed by atoms with Gasteiger partial charge in [-0.15, -0.1) is 0 Å². The molecule has 33 heavy (non-hydrogen) atoms. The molecule has 0 fully saturated rings. The molecule has 4 nitrogen and oxygen atoms in total. The number of carbonyl (C=O) groups is 2. The van der Waals surface area contributed by atoms with Crippen LogP contribution < -0.4 is 5.32 Å². The maximum Gasteiger partial charge on any atom is 0.392 e. The maximum atomic E-state index is 14.5. The third-order valence-corrected chi connectivity index (χ3v) is 6.34. The molecule has 3 atom stereocenters. The number of amides is 1. The zero-order chi connectivity index (χ0) is 25.1. The highest BCUT2D eigenvalue weighted by Gasteiger charge is 2.46. The first-order valence-corrected chi connectivity index (χ1v) is 10.8. The molecule has 2 N–H and O–H groups in total. The number of carboxylic acid groups (broad SMARTS) is 1. The molecule has 1 amide bonds. The molecule has 2 aromatic rings. The Bertz CT molecular complexity index is 1040. The van der Waals surface area contributed by atoms with Crippen molar-refractivity contribution in [2.75, 3.05) is 5.32 Å². The lowest BCUT2D eigenvalue weighted by molar-refractivity contribution is -0.178. The monoisotopic (exact) mass is 507 g/mol. The molecular weight excluding hydrogens is 485 g/mol. The molecule has 0 saturated heterocycles. The van der Waals surface area contributed by atoms with E-state index in [1.54, 1.807) is 19.9 Å². The topological polar surface area (TPSA) is 66.4 Å². The van der Waals surface area contributed by atoms with Crippen LogP contribution in [0.4, 0.5) is 23.2 Å². The number of carbonyl (C=O) groups excluding carboxylic acids is 1. The van der Waals surface area contributed by atoms with Crippen LogP contribution in [0.1, 0.15) is 44.2 Å². The second-order valence-electron chi connectivity index (χ2n) is 8.17. The Morgan fingerprint density at radius 1 is 1.12 bits per heavy atom. The number of hydrogen-bond acceptors (Lipinski definition) is 2. The number of nitrogens with one attached hydrogen (secondary N) is 1. The first kappa shape index (κ1) is 26.9. The molecule has 0 aliphatic heterocycles. The lowest BCUT2D eigenvalue weighted by atomic mass is 9.81. The van der Waals surface area contributed by atoms with E-state index in [2.05, 4.69) is 5.32 Å². The quantitative estimate of drug-likeness (QED) is 0.374. The minimum Gasteiger partial charge on any atom is -0.481 e. The number of halogens is 6. The molecule has 0 unspecified atom stereocenters. The van der Waals surface area contributed by atoms with Crippen molar-refractivity contribution in [2.24, 2.45) is 11.3 Å². The van der Waals surface area contributed by atoms with Crippen LogP contribution in [0.2, 0.25) is 10.0 Å². The third kappa shape index (κ3) is 6.38. The van der Waals surface area contributed by atoms with E-state index in [0.717, 1.165) is 19.1 Å². The minimum atomic E-state index is -4.79. The van der Waals surface area contributed by atoms with Gasteiger partial charge in [0.15, 0.2) is 0 Å². The zero-order valence-corrected chi connectivity index (χ0v) is 19.6. The molecule has 0 radical (unpaired) electrons. The lowest BCUT2D eigenvalue weighted by Gasteiger charge is -2.27. The molecule has 0 heterocycles. The van der Waals surface area contributed by atoms with Crippen molar-refractivity contribution >= 4 is 40.8 Å². The molecule has 0 aliphatic carbocycles. The summed E-state index contributed by atoms with van der Waals surface area (Å²) in [7, 11) is 0. The summed E-state index contributed by atoms with van der Waals surface area (Å²) in [5.41, 5.74) is -1.04. The Hall–Kier alpha value is -2.32. The third-order valence-electron chi connectivity index (χ3n) is 5.78. The molecule has 0 aromatic heterocycles. The number of alkyl halides is 3. The van der Waals surface area contributed by atoms with Crippen molar-refractivity contribution in [3.8, 4) is 0 Å². The Morgan fingerprint density at radius 3 is 2.27 bits per heavy atom. The second kappa shape index (κ2) is 10.3. The molecular formula is C23H23Cl2F4NO3. The lowest BCUT2D eigenvalue weighted by Crippen LogP contribution is -2.35. The number of anilines is 1. The summed E-state index contributed by atoms with van der Waals surface area (Å²) in [6.07, 6.45) is -4.36. The summed E-state index contributed by atoms with van der Waals surface area (Å²) in [5.74, 6) is -7.30. The standard InChI is InChI=1S/C23H23Cl2F4NO3/c1-4-22(3,21(32)33)11-13-5-8-16(25)18(9-13)30-20(31)19(12(2)23(27,28)29)15-7-6-14(24)10-17(15)26/h5-10,12,19H,4,11H2,1-3H3,(H,30,31)(H,32,33)/t12-,19+,22+/m1/s1. The van der Waals surface area contributed by atoms with Crippen molar-refractivity contribution in [3.63, 3.8) is 0 Å². The fourth-order valence-electron chi connectivity index (χ4n) is 3.37. The summed E-state index contributed by atoms with van der Waals surface area (Å²) in [4.78, 5) is 24.6. The van der Waals surface area contributed by atoms with E-state index in [1.165, 1.54) is 18.2 Å². The maximum absolute atomic E-state index is 14.5. The van der Waals surface area contributed by atoms with Crippen molar-refractivity contribution in [3.05, 3.63) is 63.4 Å². The zero-order valence-electron chi connectivity index (χ0n) is 18.1. The number of rotatable bonds is 8. The first-order valence-electron chi connectivity index (χ1n) is 10.0. The first-order chi connectivity index (χ1) is 15.2. The Labute approximate surface area is 198 Å². The van der Waals surface area contributed by atoms with Gasteiger partial charge in [0.25, 0.3) is 0 Å². The van der Waals surface area contributed by atoms with Crippen molar-refractivity contribution in [1.82, 2.24) is 0 Å². The minimum absolute atomic E-state index is 0.00300. The second-order valence-corrected chi connectivity index (χ2v) is 9.02. The van der Waals surface area contributed by atoms with Crippen LogP contribution in [-0.2, 0) is 16.0 Å². The molecule has 0 bridgehead atoms. The highest BCUT2D eigenvalue weighted by atomic mass is 35.5. The van der Waals surface area contributed by atoms with Crippen molar-refractivity contribution in [2.45, 2.75) is 45.7 Å². The van der Waals surface area contributed by atoms with Gasteiger partial charge in [-0.2, -0.15) is 13.2 Å². The van der Waals surface area contributed by atoms with Crippen LogP contribution in [0.5, 0.6) is 0 Å². The van der Waals surface area contributed by atoms with Gasteiger partial charge in [-0.25, -0.2) is 4.39 Å². The highest BCUT2D eigenvalue weighted by molar-refractivity contribution is 6.33. The molecule has 180 valence electrons. The summed E-state index contributed by atoms with van der Waals surface area (Å²) < 4.78 is 55.1. The molecule has 10 heteroatoms. The number of benzene rings is 2. The molecule has 0 aliphatic rings. The van der Waals surface area contributed by atoms with E-state index >= 15 is 0 Å². The smallest absolute Gasteiger partial charge is 0.392 e. The fraction of sp³-hybridized carbons (Fsp3) is 0.391. The van der Waals surface area contributed by atoms with Crippen LogP contribution in [0.15, 0.2) is 36.4 Å². The fourth-order valence-corrected chi connectivity index (χ4v) is 3.69. The van der Waals surface area contributed by atoms with Crippen LogP contribution >= 0.6 is 23.2 Å². The van der Waals surface area contributed by atoms with E-state index in [1.807, 2.05) is 0 Å². The molecule has 0 spiro atoms. The van der Waals surface area contributed by atoms with E-state index < -0.39 is 46.7 Å². The van der Waals surface area contributed by atoms with Crippen LogP contribution in [0.25, 0.3) is 0 Å². The van der Waals surface area contributed by atoms with Gasteiger partial charge in [-0.3, -0.25) is 9.59 Å². The van der Waals surface area contributed by atoms with E-state index in [4.69, 9.17) is 23.2 Å². The highest BCUT2D eigenvalue weighted by Crippen LogP contribution is 2.40. The van der Waals surface area contributed by atoms with E-state index in [0.29, 0.717) is 12.0 Å². The Morgan fingerprint density at radius 2 is 1.76 bits per heavy atom. The normalized spacial score (nSPS) is 15.4. The van der Waals surface area contributed by atoms with Crippen LogP contribution in [-0.4, -0.2) is 23.2 Å². The van der Waals surface area contributed by atoms with Gasteiger partial charge in [0.05, 0.1) is 28.0 Å². The molecule has 2 rings (SSSR count). The predicted molar refractivity (Wildman–Crippen MR) is 119 cm³/mol. The van der Waals surface area contributed by atoms with Gasteiger partial charge in [-0.05, 0) is 49.6 Å². The molecule has 2 aromatic carbocycles. The van der Waals surface area contributed by atoms with Gasteiger partial charge in [0.2, 0.25) is 5.91 Å². The summed E-state index contributed by atoms with van der Waals surface area (Å²) >= 11 is 11.8. The average molecular weight is 508 g/mol. The van der Waals surface area contributed by atoms with Crippen molar-refractivity contribution in [1.29, 1.82) is 0 Å². The van der Waals surface area contributed by atoms with Crippen LogP contribution in [0.3, 0.4) is 0 Å². The summed E-state index contributed by atoms with van der Waals surface area (Å²) in [6, 6.07) is 7.48. The molecule has 0 saturated carbocycles. The van der Waals surface area contributed by atoms with Gasteiger partial charge < -0.3 is 10.4 Å². The number of hydrogen-bond donors (Lipinski definition) is 2. The van der Waals surface area contributed by atoms with E-state index in [-0.39, 0.29) is 22.2 Å². The van der Waals surface area contributed by atoms with Gasteiger partial charge in [0.1, 0.15) is 5.82 Å². The van der Waals surface area contributed by atoms with Gasteiger partial charge >= 0.3 is 12.1 Å². The summed E-state index contributed by atoms with van der Waals surface area (Å²) in [6.45, 7) is 4.07. The predicted octanol–water partition coefficient (Wildman–Crippen LogP) is 7.10. The Balaban J connectivity index is 2.44.